The zero-order valence-electron chi connectivity index (χ0n) is 23.1. The number of para-hydroxylation sites is 1. The monoisotopic (exact) mass is 607 g/mol. The summed E-state index contributed by atoms with van der Waals surface area (Å²) < 4.78 is 7.41. The number of hydrogen-bond donors (Lipinski definition) is 1. The van der Waals surface area contributed by atoms with Gasteiger partial charge in [-0.25, -0.2) is 9.79 Å². The van der Waals surface area contributed by atoms with Crippen LogP contribution in [0.1, 0.15) is 27.0 Å². The highest BCUT2D eigenvalue weighted by Gasteiger charge is 2.34. The van der Waals surface area contributed by atoms with Crippen LogP contribution in [-0.4, -0.2) is 38.7 Å². The molecule has 0 radical (unpaired) electrons. The summed E-state index contributed by atoms with van der Waals surface area (Å²) in [4.78, 5) is 32.2. The van der Waals surface area contributed by atoms with Crippen molar-refractivity contribution in [2.24, 2.45) is 4.99 Å². The van der Waals surface area contributed by atoms with Crippen molar-refractivity contribution in [2.45, 2.75) is 13.1 Å². The fourth-order valence-corrected chi connectivity index (χ4v) is 6.09. The summed E-state index contributed by atoms with van der Waals surface area (Å²) in [6.07, 6.45) is 3.96. The summed E-state index contributed by atoms with van der Waals surface area (Å²) in [7, 11) is 1.60. The molecule has 0 aliphatic carbocycles. The number of ether oxygens (including phenoxy) is 1. The molecule has 1 aromatic heterocycles. The normalized spacial score (nSPS) is 15.1. The number of aromatic nitrogens is 1. The maximum Gasteiger partial charge on any atom is 0.335 e. The number of hydrogen-bond acceptors (Lipinski definition) is 5. The third-order valence-electron chi connectivity index (χ3n) is 7.13. The van der Waals surface area contributed by atoms with Gasteiger partial charge in [0.15, 0.2) is 5.17 Å². The van der Waals surface area contributed by atoms with Crippen molar-refractivity contribution in [1.29, 1.82) is 0 Å². The molecule has 9 heteroatoms. The van der Waals surface area contributed by atoms with E-state index < -0.39 is 5.97 Å². The molecule has 5 aromatic rings. The number of halogens is 1. The lowest BCUT2D eigenvalue weighted by molar-refractivity contribution is -0.122. The van der Waals surface area contributed by atoms with Crippen molar-refractivity contribution < 1.29 is 19.4 Å². The van der Waals surface area contributed by atoms with Crippen LogP contribution in [0.2, 0.25) is 5.02 Å². The van der Waals surface area contributed by atoms with Crippen LogP contribution in [0.5, 0.6) is 5.75 Å². The summed E-state index contributed by atoms with van der Waals surface area (Å²) in [5.41, 5.74) is 4.61. The Morgan fingerprint density at radius 2 is 1.67 bits per heavy atom. The number of amidine groups is 1. The Morgan fingerprint density at radius 3 is 2.40 bits per heavy atom. The van der Waals surface area contributed by atoms with Crippen molar-refractivity contribution in [1.82, 2.24) is 9.47 Å². The van der Waals surface area contributed by atoms with Crippen molar-refractivity contribution in [3.63, 3.8) is 0 Å². The number of carbonyl (C=O) groups is 2. The second-order valence-electron chi connectivity index (χ2n) is 9.92. The number of carboxylic acid groups (broad SMARTS) is 1. The molecule has 43 heavy (non-hydrogen) atoms. The molecule has 214 valence electrons. The third-order valence-corrected chi connectivity index (χ3v) is 8.51. The summed E-state index contributed by atoms with van der Waals surface area (Å²) in [5, 5.41) is 11.5. The van der Waals surface area contributed by atoms with Crippen LogP contribution in [0.3, 0.4) is 0 Å². The van der Waals surface area contributed by atoms with Crippen molar-refractivity contribution in [3.05, 3.63) is 135 Å². The van der Waals surface area contributed by atoms with E-state index in [2.05, 4.69) is 10.6 Å². The van der Waals surface area contributed by atoms with Gasteiger partial charge in [0.2, 0.25) is 0 Å². The number of thioether (sulfide) groups is 1. The number of rotatable bonds is 8. The first-order valence-corrected chi connectivity index (χ1v) is 14.7. The fourth-order valence-electron chi connectivity index (χ4n) is 4.91. The second-order valence-corrected chi connectivity index (χ2v) is 11.3. The van der Waals surface area contributed by atoms with Gasteiger partial charge >= 0.3 is 5.97 Å². The van der Waals surface area contributed by atoms with Gasteiger partial charge in [-0.3, -0.25) is 9.69 Å². The Morgan fingerprint density at radius 1 is 0.953 bits per heavy atom. The standard InChI is InChI=1S/C34H26ClN3O4S/c1-42-27-16-14-26(15-17-27)36-34-38(19-22-10-12-23(13-11-22)33(40)41)32(39)31(43-34)18-25-21-37(30-9-5-3-7-28(25)30)20-24-6-2-4-8-29(24)35/h2-18,21H,19-20H2,1H3,(H,40,41)/b31-18-,36-34?. The van der Waals surface area contributed by atoms with E-state index in [1.54, 1.807) is 24.1 Å². The minimum Gasteiger partial charge on any atom is -0.497 e. The Kier molecular flexibility index (Phi) is 8.05. The van der Waals surface area contributed by atoms with Gasteiger partial charge in [0.1, 0.15) is 5.75 Å². The molecule has 2 heterocycles. The summed E-state index contributed by atoms with van der Waals surface area (Å²) >= 11 is 7.78. The molecule has 1 N–H and O–H groups in total. The van der Waals surface area contributed by atoms with Gasteiger partial charge in [-0.15, -0.1) is 0 Å². The first kappa shape index (κ1) is 28.3. The maximum absolute atomic E-state index is 13.9. The van der Waals surface area contributed by atoms with E-state index in [-0.39, 0.29) is 18.0 Å². The molecule has 0 saturated carbocycles. The molecular weight excluding hydrogens is 582 g/mol. The van der Waals surface area contributed by atoms with Gasteiger partial charge in [-0.05, 0) is 77.5 Å². The maximum atomic E-state index is 13.9. The van der Waals surface area contributed by atoms with E-state index in [0.29, 0.717) is 33.1 Å². The van der Waals surface area contributed by atoms with Crippen LogP contribution >= 0.6 is 23.4 Å². The number of nitrogens with zero attached hydrogens (tertiary/aromatic N) is 3. The lowest BCUT2D eigenvalue weighted by atomic mass is 10.1. The molecule has 1 aliphatic heterocycles. The average Bonchev–Trinajstić information content (AvgIpc) is 3.51. The minimum absolute atomic E-state index is 0.178. The van der Waals surface area contributed by atoms with Crippen LogP contribution < -0.4 is 4.74 Å². The van der Waals surface area contributed by atoms with Gasteiger partial charge < -0.3 is 14.4 Å². The molecule has 0 bridgehead atoms. The second kappa shape index (κ2) is 12.2. The quantitative estimate of drug-likeness (QED) is 0.182. The Hall–Kier alpha value is -4.79. The van der Waals surface area contributed by atoms with Gasteiger partial charge in [-0.1, -0.05) is 60.1 Å². The van der Waals surface area contributed by atoms with Crippen LogP contribution in [-0.2, 0) is 17.9 Å². The zero-order valence-corrected chi connectivity index (χ0v) is 24.7. The predicted molar refractivity (Wildman–Crippen MR) is 172 cm³/mol. The summed E-state index contributed by atoms with van der Waals surface area (Å²) in [6, 6.07) is 29.7. The Balaban J connectivity index is 1.37. The molecule has 1 fully saturated rings. The van der Waals surface area contributed by atoms with Crippen molar-refractivity contribution in [3.8, 4) is 5.75 Å². The third kappa shape index (κ3) is 6.07. The number of aliphatic imine (C=N–C) groups is 1. The molecule has 0 unspecified atom stereocenters. The topological polar surface area (TPSA) is 84.1 Å². The largest absolute Gasteiger partial charge is 0.497 e. The van der Waals surface area contributed by atoms with E-state index in [0.717, 1.165) is 27.6 Å². The van der Waals surface area contributed by atoms with E-state index in [1.165, 1.54) is 23.9 Å². The van der Waals surface area contributed by atoms with Crippen molar-refractivity contribution in [2.75, 3.05) is 7.11 Å². The van der Waals surface area contributed by atoms with Gasteiger partial charge in [0.25, 0.3) is 5.91 Å². The highest BCUT2D eigenvalue weighted by Crippen LogP contribution is 2.37. The molecule has 0 atom stereocenters. The first-order valence-electron chi connectivity index (χ1n) is 13.5. The summed E-state index contributed by atoms with van der Waals surface area (Å²) in [6.45, 7) is 0.833. The lowest BCUT2D eigenvalue weighted by Gasteiger charge is -2.16. The summed E-state index contributed by atoms with van der Waals surface area (Å²) in [5.74, 6) is -0.467. The van der Waals surface area contributed by atoms with Crippen LogP contribution in [0, 0.1) is 0 Å². The highest BCUT2D eigenvalue weighted by atomic mass is 35.5. The molecule has 1 amide bonds. The molecule has 4 aromatic carbocycles. The zero-order chi connectivity index (χ0) is 29.9. The van der Waals surface area contributed by atoms with Crippen molar-refractivity contribution >= 4 is 63.1 Å². The molecule has 7 nitrogen and oxygen atoms in total. The van der Waals surface area contributed by atoms with Crippen LogP contribution in [0.25, 0.3) is 17.0 Å². The average molecular weight is 608 g/mol. The first-order chi connectivity index (χ1) is 20.9. The molecule has 1 saturated heterocycles. The highest BCUT2D eigenvalue weighted by molar-refractivity contribution is 8.18. The number of amides is 1. The van der Waals surface area contributed by atoms with Crippen LogP contribution in [0.15, 0.2) is 113 Å². The van der Waals surface area contributed by atoms with E-state index in [4.69, 9.17) is 21.3 Å². The number of benzene rings is 4. The predicted octanol–water partition coefficient (Wildman–Crippen LogP) is 7.85. The number of carbonyl (C=O) groups excluding carboxylic acids is 1. The van der Waals surface area contributed by atoms with Gasteiger partial charge in [-0.2, -0.15) is 0 Å². The molecule has 6 rings (SSSR count). The van der Waals surface area contributed by atoms with E-state index >= 15 is 0 Å². The molecule has 1 aliphatic rings. The lowest BCUT2D eigenvalue weighted by Crippen LogP contribution is -2.28. The SMILES string of the molecule is COc1ccc(N=C2S/C(=C\c3cn(Cc4ccccc4Cl)c4ccccc34)C(=O)N2Cc2ccc(C(=O)O)cc2)cc1. The number of methoxy groups -OCH3 is 1. The molecular formula is C34H26ClN3O4S. The van der Waals surface area contributed by atoms with E-state index in [1.807, 2.05) is 79.0 Å². The Labute approximate surface area is 257 Å². The Bertz CT molecular complexity index is 1900. The van der Waals surface area contributed by atoms with Gasteiger partial charge in [0, 0.05) is 34.2 Å². The number of aromatic carboxylic acids is 1. The number of carboxylic acids is 1. The van der Waals surface area contributed by atoms with Crippen LogP contribution in [0.4, 0.5) is 5.69 Å². The number of fused-ring (bicyclic) bond motifs is 1. The minimum atomic E-state index is -1.000. The molecule has 0 spiro atoms. The van der Waals surface area contributed by atoms with E-state index in [9.17, 15) is 14.7 Å². The van der Waals surface area contributed by atoms with Gasteiger partial charge in [0.05, 0.1) is 29.8 Å². The fraction of sp³-hybridized carbons (Fsp3) is 0.0882. The smallest absolute Gasteiger partial charge is 0.335 e.